The fraction of sp³-hybridized carbons (Fsp3) is 0.400. The minimum absolute atomic E-state index is 0.0268. The van der Waals surface area contributed by atoms with E-state index in [1.807, 2.05) is 37.5 Å². The summed E-state index contributed by atoms with van der Waals surface area (Å²) in [6.45, 7) is 1.61. The molecule has 4 rings (SSSR count). The zero-order valence-electron chi connectivity index (χ0n) is 15.4. The zero-order chi connectivity index (χ0) is 18.6. The van der Waals surface area contributed by atoms with Gasteiger partial charge >= 0.3 is 0 Å². The molecule has 0 spiro atoms. The van der Waals surface area contributed by atoms with Gasteiger partial charge in [-0.3, -0.25) is 4.79 Å². The van der Waals surface area contributed by atoms with Crippen LogP contribution in [0.1, 0.15) is 36.0 Å². The van der Waals surface area contributed by atoms with Crippen molar-refractivity contribution in [2.75, 3.05) is 20.2 Å². The van der Waals surface area contributed by atoms with E-state index in [4.69, 9.17) is 4.74 Å². The van der Waals surface area contributed by atoms with E-state index in [0.29, 0.717) is 17.4 Å². The topological polar surface area (TPSA) is 72.6 Å². The maximum absolute atomic E-state index is 12.8. The Balaban J connectivity index is 1.43. The number of nitrogens with zero attached hydrogens (tertiary/aromatic N) is 5. The molecule has 2 aromatic heterocycles. The van der Waals surface area contributed by atoms with Crippen molar-refractivity contribution in [3.63, 3.8) is 0 Å². The number of amides is 1. The number of carbonyl (C=O) groups excluding carboxylic acids is 1. The summed E-state index contributed by atoms with van der Waals surface area (Å²) in [4.78, 5) is 22.9. The fourth-order valence-corrected chi connectivity index (χ4v) is 3.45. The molecule has 1 saturated heterocycles. The van der Waals surface area contributed by atoms with Gasteiger partial charge in [0.15, 0.2) is 0 Å². The number of hydrogen-bond donors (Lipinski definition) is 0. The van der Waals surface area contributed by atoms with Gasteiger partial charge < -0.3 is 9.64 Å². The lowest BCUT2D eigenvalue weighted by Gasteiger charge is -2.18. The van der Waals surface area contributed by atoms with Crippen LogP contribution in [0.2, 0.25) is 0 Å². The largest absolute Gasteiger partial charge is 0.378 e. The van der Waals surface area contributed by atoms with Gasteiger partial charge in [-0.05, 0) is 43.4 Å². The molecule has 0 N–H and O–H groups in total. The molecule has 1 fully saturated rings. The van der Waals surface area contributed by atoms with E-state index in [2.05, 4.69) is 15.1 Å². The SMILES string of the molecule is CN(CCC[C@H]1CCCO1)C(=O)c1cccc(-c2cnc3ncnn3c2)c1. The summed E-state index contributed by atoms with van der Waals surface area (Å²) >= 11 is 0. The van der Waals surface area contributed by atoms with Crippen molar-refractivity contribution in [3.05, 3.63) is 48.5 Å². The standard InChI is InChI=1S/C20H23N5O2/c1-24(9-3-7-18-8-4-10-27-18)19(26)16-6-2-5-15(11-16)17-12-21-20-22-14-23-25(20)13-17/h2,5-6,11-14,18H,3-4,7-10H2,1H3/t18-/m0/s1. The molecule has 1 amide bonds. The molecule has 0 radical (unpaired) electrons. The minimum Gasteiger partial charge on any atom is -0.378 e. The molecule has 1 aliphatic heterocycles. The highest BCUT2D eigenvalue weighted by molar-refractivity contribution is 5.95. The molecule has 1 atom stereocenters. The summed E-state index contributed by atoms with van der Waals surface area (Å²) in [6, 6.07) is 7.62. The second kappa shape index (κ2) is 7.84. The van der Waals surface area contributed by atoms with Crippen LogP contribution in [0, 0.1) is 0 Å². The Labute approximate surface area is 158 Å². The van der Waals surface area contributed by atoms with Crippen LogP contribution in [-0.2, 0) is 4.74 Å². The van der Waals surface area contributed by atoms with E-state index >= 15 is 0 Å². The highest BCUT2D eigenvalue weighted by Crippen LogP contribution is 2.21. The summed E-state index contributed by atoms with van der Waals surface area (Å²) in [5.74, 6) is 0.580. The average Bonchev–Trinajstić information content (AvgIpc) is 3.38. The molecule has 0 unspecified atom stereocenters. The van der Waals surface area contributed by atoms with Crippen molar-refractivity contribution >= 4 is 11.7 Å². The monoisotopic (exact) mass is 365 g/mol. The highest BCUT2D eigenvalue weighted by atomic mass is 16.5. The van der Waals surface area contributed by atoms with Crippen molar-refractivity contribution in [3.8, 4) is 11.1 Å². The molecule has 3 aromatic rings. The van der Waals surface area contributed by atoms with E-state index in [1.165, 1.54) is 6.33 Å². The van der Waals surface area contributed by atoms with Gasteiger partial charge in [-0.25, -0.2) is 9.50 Å². The van der Waals surface area contributed by atoms with E-state index in [-0.39, 0.29) is 5.91 Å². The Morgan fingerprint density at radius 3 is 3.11 bits per heavy atom. The summed E-state index contributed by atoms with van der Waals surface area (Å²) in [5, 5.41) is 4.11. The van der Waals surface area contributed by atoms with Crippen molar-refractivity contribution in [2.24, 2.45) is 0 Å². The van der Waals surface area contributed by atoms with Crippen LogP contribution >= 0.6 is 0 Å². The van der Waals surface area contributed by atoms with Crippen LogP contribution < -0.4 is 0 Å². The Hall–Kier alpha value is -2.80. The molecular formula is C20H23N5O2. The van der Waals surface area contributed by atoms with Gasteiger partial charge in [0.25, 0.3) is 11.7 Å². The molecule has 7 nitrogen and oxygen atoms in total. The lowest BCUT2D eigenvalue weighted by Crippen LogP contribution is -2.28. The summed E-state index contributed by atoms with van der Waals surface area (Å²) in [5.41, 5.74) is 2.49. The van der Waals surface area contributed by atoms with Crippen LogP contribution in [0.25, 0.3) is 16.9 Å². The Morgan fingerprint density at radius 1 is 1.33 bits per heavy atom. The van der Waals surface area contributed by atoms with Crippen LogP contribution in [0.5, 0.6) is 0 Å². The number of ether oxygens (including phenoxy) is 1. The third kappa shape index (κ3) is 3.98. The normalized spacial score (nSPS) is 16.7. The van der Waals surface area contributed by atoms with Crippen molar-refractivity contribution in [1.82, 2.24) is 24.5 Å². The van der Waals surface area contributed by atoms with E-state index in [1.54, 1.807) is 15.6 Å². The third-order valence-electron chi connectivity index (χ3n) is 4.97. The van der Waals surface area contributed by atoms with E-state index < -0.39 is 0 Å². The number of carbonyl (C=O) groups is 1. The molecule has 1 aliphatic rings. The van der Waals surface area contributed by atoms with Gasteiger partial charge in [-0.15, -0.1) is 0 Å². The van der Waals surface area contributed by atoms with Gasteiger partial charge in [0.05, 0.1) is 6.10 Å². The number of hydrogen-bond acceptors (Lipinski definition) is 5. The minimum atomic E-state index is 0.0268. The van der Waals surface area contributed by atoms with Crippen LogP contribution in [0.4, 0.5) is 0 Å². The second-order valence-corrected chi connectivity index (χ2v) is 6.93. The highest BCUT2D eigenvalue weighted by Gasteiger charge is 2.17. The predicted molar refractivity (Wildman–Crippen MR) is 101 cm³/mol. The molecule has 27 heavy (non-hydrogen) atoms. The van der Waals surface area contributed by atoms with Gasteiger partial charge in [-0.2, -0.15) is 10.1 Å². The second-order valence-electron chi connectivity index (χ2n) is 6.93. The Bertz CT molecular complexity index is 933. The van der Waals surface area contributed by atoms with Crippen molar-refractivity contribution in [1.29, 1.82) is 0 Å². The average molecular weight is 365 g/mol. The number of aromatic nitrogens is 4. The first-order valence-corrected chi connectivity index (χ1v) is 9.33. The van der Waals surface area contributed by atoms with Crippen LogP contribution in [0.3, 0.4) is 0 Å². The zero-order valence-corrected chi connectivity index (χ0v) is 15.4. The first-order chi connectivity index (χ1) is 13.2. The molecule has 0 saturated carbocycles. The Morgan fingerprint density at radius 2 is 2.26 bits per heavy atom. The maximum atomic E-state index is 12.8. The van der Waals surface area contributed by atoms with Gasteiger partial charge in [-0.1, -0.05) is 12.1 Å². The fourth-order valence-electron chi connectivity index (χ4n) is 3.45. The van der Waals surface area contributed by atoms with Gasteiger partial charge in [0.2, 0.25) is 0 Å². The van der Waals surface area contributed by atoms with Crippen molar-refractivity contribution < 1.29 is 9.53 Å². The van der Waals surface area contributed by atoms with Crippen molar-refractivity contribution in [2.45, 2.75) is 31.8 Å². The molecule has 1 aromatic carbocycles. The first-order valence-electron chi connectivity index (χ1n) is 9.33. The summed E-state index contributed by atoms with van der Waals surface area (Å²) in [6.07, 6.45) is 9.73. The smallest absolute Gasteiger partial charge is 0.253 e. The van der Waals surface area contributed by atoms with Crippen LogP contribution in [-0.4, -0.2) is 56.7 Å². The predicted octanol–water partition coefficient (Wildman–Crippen LogP) is 2.82. The molecule has 140 valence electrons. The number of fused-ring (bicyclic) bond motifs is 1. The molecule has 0 bridgehead atoms. The van der Waals surface area contributed by atoms with Gasteiger partial charge in [0, 0.05) is 43.7 Å². The van der Waals surface area contributed by atoms with Crippen LogP contribution in [0.15, 0.2) is 43.0 Å². The maximum Gasteiger partial charge on any atom is 0.253 e. The number of benzene rings is 1. The van der Waals surface area contributed by atoms with Gasteiger partial charge in [0.1, 0.15) is 6.33 Å². The lowest BCUT2D eigenvalue weighted by atomic mass is 10.0. The molecule has 3 heterocycles. The van der Waals surface area contributed by atoms with E-state index in [0.717, 1.165) is 50.0 Å². The van der Waals surface area contributed by atoms with E-state index in [9.17, 15) is 4.79 Å². The molecular weight excluding hydrogens is 342 g/mol. The summed E-state index contributed by atoms with van der Waals surface area (Å²) in [7, 11) is 1.85. The number of rotatable bonds is 6. The third-order valence-corrected chi connectivity index (χ3v) is 4.97. The summed E-state index contributed by atoms with van der Waals surface area (Å²) < 4.78 is 7.27. The molecule has 7 heteroatoms. The molecule has 0 aliphatic carbocycles. The Kier molecular flexibility index (Phi) is 5.11. The quantitative estimate of drug-likeness (QED) is 0.672. The lowest BCUT2D eigenvalue weighted by molar-refractivity contribution is 0.0763. The first kappa shape index (κ1) is 17.6.